The molecule has 0 spiro atoms. The van der Waals surface area contributed by atoms with Crippen LogP contribution in [-0.4, -0.2) is 16.2 Å². The molecule has 3 rings (SSSR count). The van der Waals surface area contributed by atoms with Crippen molar-refractivity contribution in [3.8, 4) is 11.4 Å². The van der Waals surface area contributed by atoms with Gasteiger partial charge in [-0.05, 0) is 25.5 Å². The molecular formula is C16H17N3O2. The van der Waals surface area contributed by atoms with Crippen molar-refractivity contribution in [3.63, 3.8) is 0 Å². The Morgan fingerprint density at radius 1 is 1.14 bits per heavy atom. The standard InChI is InChI=1S/C16H17N3O2/c1-12(9-10-14-8-5-11-20-14)17-16-18-15(19-21-16)13-6-3-2-4-7-13/h2-8,11-12H,9-10H2,1H3,(H,17,18,19). The van der Waals surface area contributed by atoms with Gasteiger partial charge in [-0.1, -0.05) is 35.5 Å². The summed E-state index contributed by atoms with van der Waals surface area (Å²) in [5.74, 6) is 1.58. The molecule has 5 heteroatoms. The minimum atomic E-state index is 0.221. The van der Waals surface area contributed by atoms with Crippen LogP contribution in [0.5, 0.6) is 0 Å². The Morgan fingerprint density at radius 2 is 2.00 bits per heavy atom. The van der Waals surface area contributed by atoms with Gasteiger partial charge in [-0.3, -0.25) is 0 Å². The molecule has 1 aromatic carbocycles. The number of hydrogen-bond donors (Lipinski definition) is 1. The predicted molar refractivity (Wildman–Crippen MR) is 79.8 cm³/mol. The molecule has 21 heavy (non-hydrogen) atoms. The molecule has 0 saturated carbocycles. The molecule has 0 amide bonds. The van der Waals surface area contributed by atoms with Gasteiger partial charge in [-0.2, -0.15) is 4.98 Å². The number of hydrogen-bond acceptors (Lipinski definition) is 5. The monoisotopic (exact) mass is 283 g/mol. The highest BCUT2D eigenvalue weighted by Crippen LogP contribution is 2.18. The summed E-state index contributed by atoms with van der Waals surface area (Å²) in [6, 6.07) is 14.3. The SMILES string of the molecule is CC(CCc1ccco1)Nc1nc(-c2ccccc2)no1. The molecule has 1 N–H and O–H groups in total. The average molecular weight is 283 g/mol. The molecule has 1 atom stereocenters. The molecule has 5 nitrogen and oxygen atoms in total. The van der Waals surface area contributed by atoms with E-state index in [1.807, 2.05) is 42.5 Å². The summed E-state index contributed by atoms with van der Waals surface area (Å²) < 4.78 is 10.5. The maximum atomic E-state index is 5.32. The van der Waals surface area contributed by atoms with Gasteiger partial charge >= 0.3 is 6.01 Å². The van der Waals surface area contributed by atoms with E-state index >= 15 is 0 Å². The van der Waals surface area contributed by atoms with Crippen LogP contribution in [0.15, 0.2) is 57.7 Å². The Hall–Kier alpha value is -2.56. The van der Waals surface area contributed by atoms with Gasteiger partial charge in [0.1, 0.15) is 5.76 Å². The smallest absolute Gasteiger partial charge is 0.321 e. The van der Waals surface area contributed by atoms with E-state index in [0.717, 1.165) is 24.2 Å². The highest BCUT2D eigenvalue weighted by atomic mass is 16.5. The third kappa shape index (κ3) is 3.51. The summed E-state index contributed by atoms with van der Waals surface area (Å²) in [5, 5.41) is 7.19. The van der Waals surface area contributed by atoms with Gasteiger partial charge in [-0.15, -0.1) is 0 Å². The lowest BCUT2D eigenvalue weighted by molar-refractivity contribution is 0.425. The van der Waals surface area contributed by atoms with Crippen molar-refractivity contribution in [2.45, 2.75) is 25.8 Å². The quantitative estimate of drug-likeness (QED) is 0.746. The fourth-order valence-electron chi connectivity index (χ4n) is 2.08. The highest BCUT2D eigenvalue weighted by molar-refractivity contribution is 5.54. The van der Waals surface area contributed by atoms with E-state index in [1.54, 1.807) is 6.26 Å². The van der Waals surface area contributed by atoms with Crippen molar-refractivity contribution in [2.24, 2.45) is 0 Å². The first-order valence-electron chi connectivity index (χ1n) is 6.99. The van der Waals surface area contributed by atoms with Crippen molar-refractivity contribution in [3.05, 3.63) is 54.5 Å². The third-order valence-corrected chi connectivity index (χ3v) is 3.23. The van der Waals surface area contributed by atoms with Gasteiger partial charge in [-0.25, -0.2) is 0 Å². The van der Waals surface area contributed by atoms with E-state index in [4.69, 9.17) is 8.94 Å². The van der Waals surface area contributed by atoms with Crippen LogP contribution in [0.4, 0.5) is 6.01 Å². The van der Waals surface area contributed by atoms with Crippen molar-refractivity contribution >= 4 is 6.01 Å². The van der Waals surface area contributed by atoms with E-state index in [9.17, 15) is 0 Å². The summed E-state index contributed by atoms with van der Waals surface area (Å²) in [5.41, 5.74) is 0.942. The molecule has 2 heterocycles. The Morgan fingerprint density at radius 3 is 2.76 bits per heavy atom. The summed E-state index contributed by atoms with van der Waals surface area (Å²) >= 11 is 0. The van der Waals surface area contributed by atoms with Gasteiger partial charge in [0, 0.05) is 18.0 Å². The van der Waals surface area contributed by atoms with Crippen LogP contribution in [0.3, 0.4) is 0 Å². The van der Waals surface area contributed by atoms with E-state index in [-0.39, 0.29) is 6.04 Å². The van der Waals surface area contributed by atoms with Crippen molar-refractivity contribution in [1.29, 1.82) is 0 Å². The van der Waals surface area contributed by atoms with E-state index in [2.05, 4.69) is 22.4 Å². The van der Waals surface area contributed by atoms with Crippen molar-refractivity contribution in [1.82, 2.24) is 10.1 Å². The largest absolute Gasteiger partial charge is 0.469 e. The van der Waals surface area contributed by atoms with Crippen LogP contribution >= 0.6 is 0 Å². The lowest BCUT2D eigenvalue weighted by Gasteiger charge is -2.09. The Labute approximate surface area is 123 Å². The zero-order valence-electron chi connectivity index (χ0n) is 11.8. The molecule has 1 unspecified atom stereocenters. The van der Waals surface area contributed by atoms with Crippen LogP contribution in [0, 0.1) is 0 Å². The molecule has 0 radical (unpaired) electrons. The lowest BCUT2D eigenvalue weighted by Crippen LogP contribution is -2.16. The lowest BCUT2D eigenvalue weighted by atomic mass is 10.1. The van der Waals surface area contributed by atoms with Gasteiger partial charge in [0.25, 0.3) is 0 Å². The Balaban J connectivity index is 1.57. The molecular weight excluding hydrogens is 266 g/mol. The number of nitrogens with zero attached hydrogens (tertiary/aromatic N) is 2. The zero-order chi connectivity index (χ0) is 14.5. The van der Waals surface area contributed by atoms with Crippen LogP contribution in [0.2, 0.25) is 0 Å². The molecule has 0 aliphatic rings. The molecule has 2 aromatic heterocycles. The first-order valence-corrected chi connectivity index (χ1v) is 6.99. The minimum absolute atomic E-state index is 0.221. The summed E-state index contributed by atoms with van der Waals surface area (Å²) in [6.45, 7) is 2.08. The normalized spacial score (nSPS) is 12.2. The van der Waals surface area contributed by atoms with Gasteiger partial charge < -0.3 is 14.3 Å². The Bertz CT molecular complexity index is 662. The molecule has 108 valence electrons. The number of benzene rings is 1. The second-order valence-electron chi connectivity index (χ2n) is 4.95. The van der Waals surface area contributed by atoms with Crippen LogP contribution in [-0.2, 0) is 6.42 Å². The number of aromatic nitrogens is 2. The zero-order valence-corrected chi connectivity index (χ0v) is 11.8. The van der Waals surface area contributed by atoms with E-state index in [0.29, 0.717) is 11.8 Å². The molecule has 0 bridgehead atoms. The fraction of sp³-hybridized carbons (Fsp3) is 0.250. The van der Waals surface area contributed by atoms with Crippen molar-refractivity contribution in [2.75, 3.05) is 5.32 Å². The second kappa shape index (κ2) is 6.26. The number of rotatable bonds is 6. The molecule has 0 aliphatic carbocycles. The topological polar surface area (TPSA) is 64.1 Å². The van der Waals surface area contributed by atoms with Crippen molar-refractivity contribution < 1.29 is 8.94 Å². The van der Waals surface area contributed by atoms with Gasteiger partial charge in [0.05, 0.1) is 6.26 Å². The molecule has 3 aromatic rings. The fourth-order valence-corrected chi connectivity index (χ4v) is 2.08. The number of furan rings is 1. The maximum absolute atomic E-state index is 5.32. The molecule has 0 fully saturated rings. The highest BCUT2D eigenvalue weighted by Gasteiger charge is 2.11. The minimum Gasteiger partial charge on any atom is -0.469 e. The summed E-state index contributed by atoms with van der Waals surface area (Å²) in [6.07, 6.45) is 3.50. The van der Waals surface area contributed by atoms with Crippen LogP contribution in [0.25, 0.3) is 11.4 Å². The second-order valence-corrected chi connectivity index (χ2v) is 4.95. The van der Waals surface area contributed by atoms with Gasteiger partial charge in [0.15, 0.2) is 0 Å². The third-order valence-electron chi connectivity index (χ3n) is 3.23. The number of aryl methyl sites for hydroxylation is 1. The average Bonchev–Trinajstić information content (AvgIpc) is 3.17. The molecule has 0 aliphatic heterocycles. The predicted octanol–water partition coefficient (Wildman–Crippen LogP) is 3.76. The number of anilines is 1. The summed E-state index contributed by atoms with van der Waals surface area (Å²) in [4.78, 5) is 4.35. The molecule has 0 saturated heterocycles. The van der Waals surface area contributed by atoms with Gasteiger partial charge in [0.2, 0.25) is 5.82 Å². The van der Waals surface area contributed by atoms with Crippen LogP contribution in [0.1, 0.15) is 19.1 Å². The summed E-state index contributed by atoms with van der Waals surface area (Å²) in [7, 11) is 0. The maximum Gasteiger partial charge on any atom is 0.321 e. The number of nitrogens with one attached hydrogen (secondary N) is 1. The van der Waals surface area contributed by atoms with E-state index in [1.165, 1.54) is 0 Å². The first kappa shape index (κ1) is 13.4. The Kier molecular flexibility index (Phi) is 4.00. The van der Waals surface area contributed by atoms with Crippen LogP contribution < -0.4 is 5.32 Å². The van der Waals surface area contributed by atoms with E-state index < -0.39 is 0 Å². The first-order chi connectivity index (χ1) is 10.3.